The van der Waals surface area contributed by atoms with Crippen LogP contribution < -0.4 is 0 Å². The van der Waals surface area contributed by atoms with Crippen molar-refractivity contribution in [3.05, 3.63) is 58.1 Å². The molecule has 1 heterocycles. The van der Waals surface area contributed by atoms with Gasteiger partial charge in [-0.15, -0.1) is 0 Å². The third-order valence-electron chi connectivity index (χ3n) is 2.72. The van der Waals surface area contributed by atoms with Crippen molar-refractivity contribution >= 4 is 40.8 Å². The summed E-state index contributed by atoms with van der Waals surface area (Å²) in [4.78, 5) is 21.8. The molecule has 1 amide bonds. The average molecular weight is 322 g/mol. The predicted molar refractivity (Wildman–Crippen MR) is 85.1 cm³/mol. The van der Waals surface area contributed by atoms with Crippen LogP contribution in [-0.4, -0.2) is 34.9 Å². The quantitative estimate of drug-likeness (QED) is 0.643. The zero-order chi connectivity index (χ0) is 15.4. The molecule has 2 aromatic rings. The summed E-state index contributed by atoms with van der Waals surface area (Å²) in [5.41, 5.74) is 1.76. The van der Waals surface area contributed by atoms with Gasteiger partial charge in [0.25, 0.3) is 5.91 Å². The Labute approximate surface area is 133 Å². The van der Waals surface area contributed by atoms with Gasteiger partial charge in [-0.1, -0.05) is 23.7 Å². The van der Waals surface area contributed by atoms with Crippen LogP contribution in [0.3, 0.4) is 0 Å². The monoisotopic (exact) mass is 321 g/mol. The molecule has 0 atom stereocenters. The first kappa shape index (κ1) is 15.5. The lowest BCUT2D eigenvalue weighted by Gasteiger charge is -2.13. The van der Waals surface area contributed by atoms with E-state index in [1.165, 1.54) is 11.1 Å². The van der Waals surface area contributed by atoms with Gasteiger partial charge >= 0.3 is 0 Å². The lowest BCUT2D eigenvalue weighted by molar-refractivity contribution is -0.122. The van der Waals surface area contributed by atoms with Crippen LogP contribution in [0.2, 0.25) is 10.3 Å². The summed E-state index contributed by atoms with van der Waals surface area (Å²) < 4.78 is 0. The molecule has 0 aliphatic heterocycles. The molecule has 0 saturated carbocycles. The van der Waals surface area contributed by atoms with Crippen molar-refractivity contribution < 1.29 is 4.79 Å². The molecular weight excluding hydrogens is 309 g/mol. The van der Waals surface area contributed by atoms with Crippen molar-refractivity contribution in [3.63, 3.8) is 0 Å². The number of carbonyl (C=O) groups excluding carboxylic acids is 1. The smallest absolute Gasteiger partial charge is 0.255 e. The number of nitrogens with zero attached hydrogens (tertiary/aromatic N) is 3. The second-order valence-corrected chi connectivity index (χ2v) is 5.29. The first-order valence-corrected chi connectivity index (χ1v) is 6.91. The zero-order valence-corrected chi connectivity index (χ0v) is 13.1. The maximum atomic E-state index is 12.4. The van der Waals surface area contributed by atoms with Crippen molar-refractivity contribution in [3.8, 4) is 0 Å². The minimum atomic E-state index is -0.167. The van der Waals surface area contributed by atoms with Crippen molar-refractivity contribution in [2.45, 2.75) is 0 Å². The fourth-order valence-electron chi connectivity index (χ4n) is 1.70. The summed E-state index contributed by atoms with van der Waals surface area (Å²) in [7, 11) is 3.36. The summed E-state index contributed by atoms with van der Waals surface area (Å²) >= 11 is 11.7. The van der Waals surface area contributed by atoms with Gasteiger partial charge in [-0.3, -0.25) is 4.79 Å². The normalized spacial score (nSPS) is 11.3. The topological polar surface area (TPSA) is 46.1 Å². The van der Waals surface area contributed by atoms with Crippen LogP contribution in [0.5, 0.6) is 0 Å². The van der Waals surface area contributed by atoms with E-state index in [9.17, 15) is 4.79 Å². The summed E-state index contributed by atoms with van der Waals surface area (Å²) in [6.45, 7) is 0. The highest BCUT2D eigenvalue weighted by Crippen LogP contribution is 2.20. The molecule has 0 bridgehead atoms. The Hall–Kier alpha value is -1.91. The molecule has 0 spiro atoms. The predicted octanol–water partition coefficient (Wildman–Crippen LogP) is 3.41. The molecule has 21 heavy (non-hydrogen) atoms. The maximum absolute atomic E-state index is 12.4. The molecule has 0 aliphatic rings. The van der Waals surface area contributed by atoms with Crippen molar-refractivity contribution in [1.29, 1.82) is 0 Å². The molecule has 0 fully saturated rings. The van der Waals surface area contributed by atoms with E-state index in [-0.39, 0.29) is 11.2 Å². The molecule has 1 aromatic heterocycles. The standard InChI is InChI=1S/C15H13Cl2N3O/c1-20(2)14(21)12(13-7-8-18-15(17)19-13)9-10-3-5-11(16)6-4-10/h3-9H,1-2H3/b12-9+. The molecule has 6 heteroatoms. The fraction of sp³-hybridized carbons (Fsp3) is 0.133. The number of hydrogen-bond acceptors (Lipinski definition) is 3. The SMILES string of the molecule is CN(C)C(=O)/C(=C/c1ccc(Cl)cc1)c1ccnc(Cl)n1. The summed E-state index contributed by atoms with van der Waals surface area (Å²) in [6, 6.07) is 8.83. The van der Waals surface area contributed by atoms with E-state index in [1.807, 2.05) is 12.1 Å². The van der Waals surface area contributed by atoms with E-state index in [1.54, 1.807) is 38.4 Å². The highest BCUT2D eigenvalue weighted by molar-refractivity contribution is 6.30. The van der Waals surface area contributed by atoms with E-state index < -0.39 is 0 Å². The molecule has 0 N–H and O–H groups in total. The number of hydrogen-bond donors (Lipinski definition) is 0. The summed E-state index contributed by atoms with van der Waals surface area (Å²) in [5.74, 6) is -0.167. The Morgan fingerprint density at radius 1 is 1.14 bits per heavy atom. The Balaban J connectivity index is 2.50. The molecule has 4 nitrogen and oxygen atoms in total. The van der Waals surface area contributed by atoms with Gasteiger partial charge in [0.1, 0.15) is 0 Å². The van der Waals surface area contributed by atoms with E-state index in [0.29, 0.717) is 16.3 Å². The molecule has 0 aliphatic carbocycles. The first-order valence-electron chi connectivity index (χ1n) is 6.15. The molecule has 0 saturated heterocycles. The number of carbonyl (C=O) groups is 1. The number of likely N-dealkylation sites (N-methyl/N-ethyl adjacent to an activating group) is 1. The zero-order valence-electron chi connectivity index (χ0n) is 11.5. The number of rotatable bonds is 3. The van der Waals surface area contributed by atoms with Gasteiger partial charge in [0, 0.05) is 25.3 Å². The van der Waals surface area contributed by atoms with Crippen LogP contribution >= 0.6 is 23.2 Å². The number of halogens is 2. The minimum Gasteiger partial charge on any atom is -0.345 e. The number of aromatic nitrogens is 2. The Bertz CT molecular complexity index is 682. The summed E-state index contributed by atoms with van der Waals surface area (Å²) in [6.07, 6.45) is 3.26. The van der Waals surface area contributed by atoms with E-state index in [2.05, 4.69) is 9.97 Å². The van der Waals surface area contributed by atoms with Crippen LogP contribution in [0.1, 0.15) is 11.3 Å². The third kappa shape index (κ3) is 4.03. The maximum Gasteiger partial charge on any atom is 0.255 e. The van der Waals surface area contributed by atoms with Crippen LogP contribution in [0.4, 0.5) is 0 Å². The van der Waals surface area contributed by atoms with Crippen molar-refractivity contribution in [2.24, 2.45) is 0 Å². The third-order valence-corrected chi connectivity index (χ3v) is 3.15. The minimum absolute atomic E-state index is 0.0982. The highest BCUT2D eigenvalue weighted by atomic mass is 35.5. The van der Waals surface area contributed by atoms with Gasteiger partial charge in [0.2, 0.25) is 5.28 Å². The van der Waals surface area contributed by atoms with Crippen LogP contribution in [0, 0.1) is 0 Å². The molecule has 0 unspecified atom stereocenters. The highest BCUT2D eigenvalue weighted by Gasteiger charge is 2.16. The van der Waals surface area contributed by atoms with Gasteiger partial charge < -0.3 is 4.90 Å². The molecular formula is C15H13Cl2N3O. The molecule has 108 valence electrons. The second kappa shape index (κ2) is 6.70. The van der Waals surface area contributed by atoms with Gasteiger partial charge in [-0.25, -0.2) is 9.97 Å². The van der Waals surface area contributed by atoms with Gasteiger partial charge in [0.05, 0.1) is 11.3 Å². The van der Waals surface area contributed by atoms with Crippen LogP contribution in [0.15, 0.2) is 36.5 Å². The van der Waals surface area contributed by atoms with E-state index in [4.69, 9.17) is 23.2 Å². The van der Waals surface area contributed by atoms with Crippen molar-refractivity contribution in [2.75, 3.05) is 14.1 Å². The van der Waals surface area contributed by atoms with Crippen molar-refractivity contribution in [1.82, 2.24) is 14.9 Å². The molecule has 0 radical (unpaired) electrons. The number of benzene rings is 1. The lowest BCUT2D eigenvalue weighted by atomic mass is 10.1. The Morgan fingerprint density at radius 2 is 1.81 bits per heavy atom. The van der Waals surface area contributed by atoms with E-state index >= 15 is 0 Å². The van der Waals surface area contributed by atoms with Crippen LogP contribution in [-0.2, 0) is 4.79 Å². The van der Waals surface area contributed by atoms with Crippen LogP contribution in [0.25, 0.3) is 11.6 Å². The average Bonchev–Trinajstić information content (AvgIpc) is 2.46. The van der Waals surface area contributed by atoms with Gasteiger partial charge in [-0.2, -0.15) is 0 Å². The van der Waals surface area contributed by atoms with Gasteiger partial charge in [-0.05, 0) is 41.4 Å². The largest absolute Gasteiger partial charge is 0.345 e. The Morgan fingerprint density at radius 3 is 2.38 bits per heavy atom. The second-order valence-electron chi connectivity index (χ2n) is 4.52. The number of amides is 1. The fourth-order valence-corrected chi connectivity index (χ4v) is 1.97. The molecule has 2 rings (SSSR count). The Kier molecular flexibility index (Phi) is 4.94. The molecule has 1 aromatic carbocycles. The first-order chi connectivity index (χ1) is 9.97. The lowest BCUT2D eigenvalue weighted by Crippen LogP contribution is -2.23. The van der Waals surface area contributed by atoms with E-state index in [0.717, 1.165) is 5.56 Å². The summed E-state index contributed by atoms with van der Waals surface area (Å²) in [5, 5.41) is 0.735. The van der Waals surface area contributed by atoms with Gasteiger partial charge in [0.15, 0.2) is 0 Å².